The number of carbonyl (C=O) groups excluding carboxylic acids is 1. The normalized spacial score (nSPS) is 12.4. The minimum Gasteiger partial charge on any atom is -0.458 e. The summed E-state index contributed by atoms with van der Waals surface area (Å²) in [4.78, 5) is 10.7. The van der Waals surface area contributed by atoms with Crippen LogP contribution in [0, 0.1) is 0 Å². The van der Waals surface area contributed by atoms with Crippen LogP contribution in [0.3, 0.4) is 0 Å². The summed E-state index contributed by atoms with van der Waals surface area (Å²) in [5, 5.41) is 8.96. The van der Waals surface area contributed by atoms with Crippen LogP contribution < -0.4 is 0 Å². The van der Waals surface area contributed by atoms with Gasteiger partial charge in [-0.1, -0.05) is 51.9 Å². The van der Waals surface area contributed by atoms with E-state index < -0.39 is 6.10 Å². The molecule has 0 rings (SSSR count). The van der Waals surface area contributed by atoms with E-state index in [2.05, 4.69) is 6.92 Å². The van der Waals surface area contributed by atoms with E-state index in [1.54, 1.807) is 0 Å². The SMILES string of the molecule is CCCCCCCCCCOCC(CO)OC(C)=O. The zero-order chi connectivity index (χ0) is 14.3. The van der Waals surface area contributed by atoms with Gasteiger partial charge in [-0.3, -0.25) is 4.79 Å². The number of aliphatic hydroxyl groups is 1. The topological polar surface area (TPSA) is 55.8 Å². The average molecular weight is 274 g/mol. The van der Waals surface area contributed by atoms with Crippen molar-refractivity contribution in [3.05, 3.63) is 0 Å². The van der Waals surface area contributed by atoms with Crippen molar-refractivity contribution in [1.82, 2.24) is 0 Å². The fraction of sp³-hybridized carbons (Fsp3) is 0.933. The summed E-state index contributed by atoms with van der Waals surface area (Å²) in [6, 6.07) is 0. The van der Waals surface area contributed by atoms with Gasteiger partial charge in [0.25, 0.3) is 0 Å². The van der Waals surface area contributed by atoms with E-state index in [1.807, 2.05) is 0 Å². The van der Waals surface area contributed by atoms with Crippen molar-refractivity contribution >= 4 is 5.97 Å². The number of ether oxygens (including phenoxy) is 2. The van der Waals surface area contributed by atoms with Crippen LogP contribution in [-0.4, -0.2) is 37.0 Å². The summed E-state index contributed by atoms with van der Waals surface area (Å²) < 4.78 is 10.3. The standard InChI is InChI=1S/C15H30O4/c1-3-4-5-6-7-8-9-10-11-18-13-15(12-16)19-14(2)17/h15-16H,3-13H2,1-2H3. The zero-order valence-corrected chi connectivity index (χ0v) is 12.5. The van der Waals surface area contributed by atoms with E-state index in [9.17, 15) is 4.79 Å². The molecule has 1 unspecified atom stereocenters. The third-order valence-electron chi connectivity index (χ3n) is 2.98. The summed E-state index contributed by atoms with van der Waals surface area (Å²) in [6.45, 7) is 4.34. The Balaban J connectivity index is 3.23. The molecule has 1 atom stereocenters. The lowest BCUT2D eigenvalue weighted by Gasteiger charge is -2.14. The van der Waals surface area contributed by atoms with Gasteiger partial charge in [-0.25, -0.2) is 0 Å². The lowest BCUT2D eigenvalue weighted by Crippen LogP contribution is -2.26. The van der Waals surface area contributed by atoms with Crippen LogP contribution in [0.2, 0.25) is 0 Å². The van der Waals surface area contributed by atoms with Crippen molar-refractivity contribution < 1.29 is 19.4 Å². The molecule has 4 heteroatoms. The lowest BCUT2D eigenvalue weighted by atomic mass is 10.1. The van der Waals surface area contributed by atoms with Gasteiger partial charge in [-0.2, -0.15) is 0 Å². The number of rotatable bonds is 13. The molecule has 0 saturated carbocycles. The van der Waals surface area contributed by atoms with Crippen molar-refractivity contribution in [3.63, 3.8) is 0 Å². The van der Waals surface area contributed by atoms with Crippen molar-refractivity contribution in [2.75, 3.05) is 19.8 Å². The third-order valence-corrected chi connectivity index (χ3v) is 2.98. The molecule has 0 aliphatic heterocycles. The second-order valence-electron chi connectivity index (χ2n) is 4.96. The molecular formula is C15H30O4. The molecule has 0 aromatic rings. The van der Waals surface area contributed by atoms with E-state index >= 15 is 0 Å². The van der Waals surface area contributed by atoms with Crippen molar-refractivity contribution in [2.45, 2.75) is 71.3 Å². The van der Waals surface area contributed by atoms with Gasteiger partial charge < -0.3 is 14.6 Å². The quantitative estimate of drug-likeness (QED) is 0.414. The number of unbranched alkanes of at least 4 members (excludes halogenated alkanes) is 7. The summed E-state index contributed by atoms with van der Waals surface area (Å²) in [7, 11) is 0. The van der Waals surface area contributed by atoms with Gasteiger partial charge in [0.05, 0.1) is 13.2 Å². The van der Waals surface area contributed by atoms with Crippen LogP contribution in [-0.2, 0) is 14.3 Å². The lowest BCUT2D eigenvalue weighted by molar-refractivity contribution is -0.151. The molecule has 0 aliphatic carbocycles. The van der Waals surface area contributed by atoms with Crippen LogP contribution in [0.1, 0.15) is 65.2 Å². The van der Waals surface area contributed by atoms with Gasteiger partial charge in [0.15, 0.2) is 0 Å². The second kappa shape index (κ2) is 13.8. The van der Waals surface area contributed by atoms with Gasteiger partial charge in [0.1, 0.15) is 6.10 Å². The van der Waals surface area contributed by atoms with Crippen molar-refractivity contribution in [3.8, 4) is 0 Å². The number of hydrogen-bond donors (Lipinski definition) is 1. The highest BCUT2D eigenvalue weighted by Gasteiger charge is 2.10. The molecule has 0 saturated heterocycles. The minimum absolute atomic E-state index is 0.184. The highest BCUT2D eigenvalue weighted by molar-refractivity contribution is 5.66. The molecule has 0 fully saturated rings. The maximum Gasteiger partial charge on any atom is 0.303 e. The molecule has 0 radical (unpaired) electrons. The average Bonchev–Trinajstić information content (AvgIpc) is 2.39. The largest absolute Gasteiger partial charge is 0.458 e. The maximum absolute atomic E-state index is 10.7. The highest BCUT2D eigenvalue weighted by atomic mass is 16.6. The van der Waals surface area contributed by atoms with Gasteiger partial charge in [0, 0.05) is 13.5 Å². The minimum atomic E-state index is -0.522. The fourth-order valence-corrected chi connectivity index (χ4v) is 1.91. The van der Waals surface area contributed by atoms with Crippen LogP contribution in [0.5, 0.6) is 0 Å². The Morgan fingerprint density at radius 1 is 1.05 bits per heavy atom. The molecular weight excluding hydrogens is 244 g/mol. The van der Waals surface area contributed by atoms with E-state index in [0.717, 1.165) is 6.42 Å². The Hall–Kier alpha value is -0.610. The fourth-order valence-electron chi connectivity index (χ4n) is 1.91. The van der Waals surface area contributed by atoms with Crippen LogP contribution in [0.15, 0.2) is 0 Å². The smallest absolute Gasteiger partial charge is 0.303 e. The first-order chi connectivity index (χ1) is 9.20. The molecule has 0 amide bonds. The molecule has 0 aromatic carbocycles. The van der Waals surface area contributed by atoms with Gasteiger partial charge >= 0.3 is 5.97 Å². The highest BCUT2D eigenvalue weighted by Crippen LogP contribution is 2.08. The van der Waals surface area contributed by atoms with E-state index in [1.165, 1.54) is 51.9 Å². The summed E-state index contributed by atoms with van der Waals surface area (Å²) >= 11 is 0. The molecule has 1 N–H and O–H groups in total. The first-order valence-electron chi connectivity index (χ1n) is 7.56. The summed E-state index contributed by atoms with van der Waals surface area (Å²) in [5.74, 6) is -0.380. The first-order valence-corrected chi connectivity index (χ1v) is 7.56. The van der Waals surface area contributed by atoms with Crippen molar-refractivity contribution in [2.24, 2.45) is 0 Å². The monoisotopic (exact) mass is 274 g/mol. The number of esters is 1. The Morgan fingerprint density at radius 3 is 2.16 bits per heavy atom. The molecule has 114 valence electrons. The molecule has 0 aromatic heterocycles. The zero-order valence-electron chi connectivity index (χ0n) is 12.5. The van der Waals surface area contributed by atoms with E-state index in [0.29, 0.717) is 6.61 Å². The Kier molecular flexibility index (Phi) is 13.4. The van der Waals surface area contributed by atoms with Crippen LogP contribution >= 0.6 is 0 Å². The van der Waals surface area contributed by atoms with E-state index in [4.69, 9.17) is 14.6 Å². The van der Waals surface area contributed by atoms with Gasteiger partial charge in [0.2, 0.25) is 0 Å². The predicted octanol–water partition coefficient (Wildman–Crippen LogP) is 3.07. The van der Waals surface area contributed by atoms with Crippen LogP contribution in [0.25, 0.3) is 0 Å². The van der Waals surface area contributed by atoms with E-state index in [-0.39, 0.29) is 19.2 Å². The van der Waals surface area contributed by atoms with Crippen LogP contribution in [0.4, 0.5) is 0 Å². The Labute approximate surface area is 117 Å². The first kappa shape index (κ1) is 18.4. The molecule has 0 bridgehead atoms. The number of aliphatic hydroxyl groups excluding tert-OH is 1. The third kappa shape index (κ3) is 13.6. The van der Waals surface area contributed by atoms with Gasteiger partial charge in [-0.05, 0) is 6.42 Å². The molecule has 4 nitrogen and oxygen atoms in total. The maximum atomic E-state index is 10.7. The number of carbonyl (C=O) groups is 1. The summed E-state index contributed by atoms with van der Waals surface area (Å²) in [5.41, 5.74) is 0. The molecule has 0 heterocycles. The Morgan fingerprint density at radius 2 is 1.63 bits per heavy atom. The predicted molar refractivity (Wildman–Crippen MR) is 76.1 cm³/mol. The Bertz CT molecular complexity index is 206. The van der Waals surface area contributed by atoms with Gasteiger partial charge in [-0.15, -0.1) is 0 Å². The molecule has 0 aliphatic rings. The molecule has 0 spiro atoms. The second-order valence-corrected chi connectivity index (χ2v) is 4.96. The molecule has 19 heavy (non-hydrogen) atoms. The van der Waals surface area contributed by atoms with Crippen molar-refractivity contribution in [1.29, 1.82) is 0 Å². The number of hydrogen-bond acceptors (Lipinski definition) is 4. The summed E-state index contributed by atoms with van der Waals surface area (Å²) in [6.07, 6.45) is 9.61.